The van der Waals surface area contributed by atoms with Crippen molar-refractivity contribution in [1.29, 1.82) is 5.26 Å². The number of carbonyl (C=O) groups excluding carboxylic acids is 2. The Kier molecular flexibility index (Phi) is 3.03. The standard InChI is InChI=1S/C17H12N2O2/c1-11-7-8-13-14(9-11)17(21)19(16(13)20)15(10-18)12-5-3-2-4-6-12/h2-9,15H,1H3. The van der Waals surface area contributed by atoms with E-state index in [9.17, 15) is 14.9 Å². The van der Waals surface area contributed by atoms with Gasteiger partial charge in [-0.1, -0.05) is 42.0 Å². The van der Waals surface area contributed by atoms with E-state index in [0.717, 1.165) is 10.5 Å². The van der Waals surface area contributed by atoms with Crippen LogP contribution in [0.15, 0.2) is 48.5 Å². The van der Waals surface area contributed by atoms with E-state index in [1.165, 1.54) is 0 Å². The fraction of sp³-hybridized carbons (Fsp3) is 0.118. The average Bonchev–Trinajstić information content (AvgIpc) is 2.74. The molecule has 0 saturated heterocycles. The normalized spacial score (nSPS) is 14.8. The smallest absolute Gasteiger partial charge is 0.262 e. The van der Waals surface area contributed by atoms with Gasteiger partial charge in [-0.15, -0.1) is 0 Å². The highest BCUT2D eigenvalue weighted by Gasteiger charge is 2.40. The van der Waals surface area contributed by atoms with E-state index in [-0.39, 0.29) is 0 Å². The third kappa shape index (κ3) is 2.00. The quantitative estimate of drug-likeness (QED) is 0.792. The van der Waals surface area contributed by atoms with Gasteiger partial charge in [-0.2, -0.15) is 5.26 Å². The van der Waals surface area contributed by atoms with E-state index in [1.54, 1.807) is 42.5 Å². The SMILES string of the molecule is Cc1ccc2c(c1)C(=O)N(C(C#N)c1ccccc1)C2=O. The molecular formula is C17H12N2O2. The minimum Gasteiger partial charge on any atom is -0.269 e. The number of rotatable bonds is 2. The van der Waals surface area contributed by atoms with E-state index >= 15 is 0 Å². The van der Waals surface area contributed by atoms with Crippen LogP contribution < -0.4 is 0 Å². The molecule has 0 bridgehead atoms. The fourth-order valence-corrected chi connectivity index (χ4v) is 2.52. The van der Waals surface area contributed by atoms with Crippen molar-refractivity contribution in [2.75, 3.05) is 0 Å². The summed E-state index contributed by atoms with van der Waals surface area (Å²) in [5, 5.41) is 9.41. The summed E-state index contributed by atoms with van der Waals surface area (Å²) in [4.78, 5) is 26.0. The molecule has 0 saturated carbocycles. The number of hydrogen-bond donors (Lipinski definition) is 0. The average molecular weight is 276 g/mol. The van der Waals surface area contributed by atoms with Gasteiger partial charge < -0.3 is 0 Å². The van der Waals surface area contributed by atoms with Gasteiger partial charge in [-0.3, -0.25) is 14.5 Å². The van der Waals surface area contributed by atoms with Crippen molar-refractivity contribution in [1.82, 2.24) is 4.90 Å². The van der Waals surface area contributed by atoms with Gasteiger partial charge in [0.25, 0.3) is 11.8 Å². The lowest BCUT2D eigenvalue weighted by atomic mass is 10.1. The van der Waals surface area contributed by atoms with Crippen LogP contribution in [0.5, 0.6) is 0 Å². The Balaban J connectivity index is 2.07. The Hall–Kier alpha value is -2.93. The molecule has 1 aliphatic rings. The van der Waals surface area contributed by atoms with Crippen LogP contribution in [0.25, 0.3) is 0 Å². The van der Waals surface area contributed by atoms with Gasteiger partial charge in [0.05, 0.1) is 17.2 Å². The van der Waals surface area contributed by atoms with Crippen LogP contribution in [0, 0.1) is 18.3 Å². The molecule has 1 aliphatic heterocycles. The number of carbonyl (C=O) groups is 2. The summed E-state index contributed by atoms with van der Waals surface area (Å²) < 4.78 is 0. The van der Waals surface area contributed by atoms with Gasteiger partial charge in [0.15, 0.2) is 6.04 Å². The number of fused-ring (bicyclic) bond motifs is 1. The fourth-order valence-electron chi connectivity index (χ4n) is 2.52. The number of imide groups is 1. The third-order valence-electron chi connectivity index (χ3n) is 3.57. The highest BCUT2D eigenvalue weighted by molar-refractivity contribution is 6.21. The molecule has 2 aromatic rings. The third-order valence-corrected chi connectivity index (χ3v) is 3.57. The number of nitriles is 1. The molecule has 0 spiro atoms. The van der Waals surface area contributed by atoms with Gasteiger partial charge in [-0.05, 0) is 24.6 Å². The Bertz CT molecular complexity index is 775. The minimum atomic E-state index is -0.904. The first-order chi connectivity index (χ1) is 10.1. The molecule has 0 aliphatic carbocycles. The zero-order valence-corrected chi connectivity index (χ0v) is 11.4. The van der Waals surface area contributed by atoms with Crippen molar-refractivity contribution in [3.05, 3.63) is 70.8 Å². The van der Waals surface area contributed by atoms with E-state index in [0.29, 0.717) is 16.7 Å². The molecule has 2 aromatic carbocycles. The number of amides is 2. The van der Waals surface area contributed by atoms with Crippen LogP contribution in [0.2, 0.25) is 0 Å². The summed E-state index contributed by atoms with van der Waals surface area (Å²) in [5.74, 6) is -0.820. The molecule has 1 heterocycles. The lowest BCUT2D eigenvalue weighted by Gasteiger charge is -2.20. The molecule has 1 unspecified atom stereocenters. The summed E-state index contributed by atoms with van der Waals surface area (Å²) in [7, 11) is 0. The molecule has 4 heteroatoms. The second kappa shape index (κ2) is 4.88. The first kappa shape index (κ1) is 13.1. The molecule has 0 radical (unpaired) electrons. The molecule has 3 rings (SSSR count). The van der Waals surface area contributed by atoms with Crippen molar-refractivity contribution in [3.8, 4) is 6.07 Å². The topological polar surface area (TPSA) is 61.2 Å². The lowest BCUT2D eigenvalue weighted by molar-refractivity contribution is 0.0618. The van der Waals surface area contributed by atoms with Crippen molar-refractivity contribution in [3.63, 3.8) is 0 Å². The number of nitrogens with zero attached hydrogens (tertiary/aromatic N) is 2. The molecule has 1 atom stereocenters. The number of hydrogen-bond acceptors (Lipinski definition) is 3. The Labute approximate surface area is 122 Å². The van der Waals surface area contributed by atoms with Gasteiger partial charge in [0.2, 0.25) is 0 Å². The van der Waals surface area contributed by atoms with Crippen LogP contribution in [-0.4, -0.2) is 16.7 Å². The second-order valence-electron chi connectivity index (χ2n) is 4.97. The van der Waals surface area contributed by atoms with E-state index < -0.39 is 17.9 Å². The van der Waals surface area contributed by atoms with Crippen LogP contribution >= 0.6 is 0 Å². The van der Waals surface area contributed by atoms with E-state index in [1.807, 2.05) is 13.0 Å². The van der Waals surface area contributed by atoms with Crippen molar-refractivity contribution in [2.45, 2.75) is 13.0 Å². The van der Waals surface area contributed by atoms with E-state index in [2.05, 4.69) is 6.07 Å². The lowest BCUT2D eigenvalue weighted by Crippen LogP contribution is -2.33. The predicted octanol–water partition coefficient (Wildman–Crippen LogP) is 2.86. The van der Waals surface area contributed by atoms with Crippen LogP contribution in [-0.2, 0) is 0 Å². The van der Waals surface area contributed by atoms with Crippen LogP contribution in [0.3, 0.4) is 0 Å². The molecule has 0 N–H and O–H groups in total. The van der Waals surface area contributed by atoms with Crippen molar-refractivity contribution in [2.24, 2.45) is 0 Å². The monoisotopic (exact) mass is 276 g/mol. The van der Waals surface area contributed by atoms with Crippen molar-refractivity contribution < 1.29 is 9.59 Å². The molecule has 21 heavy (non-hydrogen) atoms. The Morgan fingerprint density at radius 3 is 2.33 bits per heavy atom. The Morgan fingerprint density at radius 2 is 1.67 bits per heavy atom. The summed E-state index contributed by atoms with van der Waals surface area (Å²) >= 11 is 0. The predicted molar refractivity (Wildman–Crippen MR) is 76.5 cm³/mol. The minimum absolute atomic E-state index is 0.363. The number of benzene rings is 2. The van der Waals surface area contributed by atoms with Crippen molar-refractivity contribution >= 4 is 11.8 Å². The Morgan fingerprint density at radius 1 is 1.00 bits per heavy atom. The second-order valence-corrected chi connectivity index (χ2v) is 4.97. The molecular weight excluding hydrogens is 264 g/mol. The molecule has 0 fully saturated rings. The molecule has 102 valence electrons. The van der Waals surface area contributed by atoms with Gasteiger partial charge >= 0.3 is 0 Å². The molecule has 4 nitrogen and oxygen atoms in total. The largest absolute Gasteiger partial charge is 0.269 e. The van der Waals surface area contributed by atoms with Crippen LogP contribution in [0.4, 0.5) is 0 Å². The highest BCUT2D eigenvalue weighted by Crippen LogP contribution is 2.31. The zero-order chi connectivity index (χ0) is 15.0. The maximum absolute atomic E-state index is 12.5. The van der Waals surface area contributed by atoms with Gasteiger partial charge in [0.1, 0.15) is 0 Å². The van der Waals surface area contributed by atoms with E-state index in [4.69, 9.17) is 0 Å². The highest BCUT2D eigenvalue weighted by atomic mass is 16.2. The maximum atomic E-state index is 12.5. The first-order valence-electron chi connectivity index (χ1n) is 6.56. The summed E-state index contributed by atoms with van der Waals surface area (Å²) in [6.07, 6.45) is 0. The summed E-state index contributed by atoms with van der Waals surface area (Å²) in [5.41, 5.74) is 2.27. The molecule has 2 amide bonds. The van der Waals surface area contributed by atoms with Gasteiger partial charge in [0, 0.05) is 0 Å². The number of aryl methyl sites for hydroxylation is 1. The maximum Gasteiger partial charge on any atom is 0.262 e. The zero-order valence-electron chi connectivity index (χ0n) is 11.4. The summed E-state index contributed by atoms with van der Waals surface area (Å²) in [6, 6.07) is 15.1. The first-order valence-corrected chi connectivity index (χ1v) is 6.56. The van der Waals surface area contributed by atoms with Gasteiger partial charge in [-0.25, -0.2) is 0 Å². The molecule has 0 aromatic heterocycles. The summed E-state index contributed by atoms with van der Waals surface area (Å²) in [6.45, 7) is 1.86. The van der Waals surface area contributed by atoms with Crippen LogP contribution in [0.1, 0.15) is 37.9 Å².